The number of hydrogen-bond donors (Lipinski definition) is 1. The molecule has 5 rings (SSSR count). The molecular weight excluding hydrogens is 472 g/mol. The summed E-state index contributed by atoms with van der Waals surface area (Å²) in [7, 11) is 0. The number of pyridine rings is 1. The molecule has 1 aromatic heterocycles. The molecule has 0 saturated heterocycles. The molecule has 0 fully saturated rings. The first-order valence-corrected chi connectivity index (χ1v) is 12.4. The number of fused-ring (bicyclic) bond motifs is 1. The van der Waals surface area contributed by atoms with Gasteiger partial charge in [-0.05, 0) is 54.6 Å². The van der Waals surface area contributed by atoms with Gasteiger partial charge in [0.05, 0.1) is 11.3 Å². The molecule has 0 atom stereocenters. The molecule has 36 heavy (non-hydrogen) atoms. The van der Waals surface area contributed by atoms with Gasteiger partial charge >= 0.3 is 5.97 Å². The lowest BCUT2D eigenvalue weighted by atomic mass is 10.2. The van der Waals surface area contributed by atoms with Crippen molar-refractivity contribution in [1.82, 2.24) is 4.98 Å². The van der Waals surface area contributed by atoms with Crippen LogP contribution in [-0.4, -0.2) is 23.5 Å². The highest BCUT2D eigenvalue weighted by Gasteiger charge is 2.30. The largest absolute Gasteiger partial charge is 0.339 e. The Hall–Kier alpha value is -4.30. The van der Waals surface area contributed by atoms with Crippen molar-refractivity contribution in [3.05, 3.63) is 103 Å². The van der Waals surface area contributed by atoms with Crippen LogP contribution >= 0.6 is 11.8 Å². The first kappa shape index (κ1) is 23.4. The fraction of sp³-hybridized carbons (Fsp3) is 0.107. The Balaban J connectivity index is 1.42. The second-order valence-corrected chi connectivity index (χ2v) is 9.09. The predicted molar refractivity (Wildman–Crippen MR) is 142 cm³/mol. The van der Waals surface area contributed by atoms with Crippen LogP contribution in [0.2, 0.25) is 0 Å². The summed E-state index contributed by atoms with van der Waals surface area (Å²) in [5.74, 6) is -0.562. The van der Waals surface area contributed by atoms with Crippen LogP contribution in [0.1, 0.15) is 23.7 Å². The Labute approximate surface area is 213 Å². The van der Waals surface area contributed by atoms with Crippen LogP contribution in [0.4, 0.5) is 22.7 Å². The molecule has 0 bridgehead atoms. The van der Waals surface area contributed by atoms with Crippen LogP contribution < -0.4 is 15.3 Å². The number of anilines is 4. The SMILES string of the molecule is CCC(=O)ON1CN(c2ccccc2)c2cc(NC(=O)c3cccnc3Sc3ccccc3)ccc21. The third-order valence-corrected chi connectivity index (χ3v) is 6.63. The second kappa shape index (κ2) is 10.5. The molecular formula is C28H24N4O3S. The number of aromatic nitrogens is 1. The average Bonchev–Trinajstić information content (AvgIpc) is 3.27. The molecule has 0 radical (unpaired) electrons. The standard InChI is InChI=1S/C28H24N4O3S/c1-2-26(33)35-32-19-31(21-10-5-3-6-11-21)25-18-20(15-16-24(25)32)30-27(34)23-14-9-17-29-28(23)36-22-12-7-4-8-13-22/h3-18H,2,19H2,1H3,(H,30,34). The van der Waals surface area contributed by atoms with Crippen LogP contribution in [0.15, 0.2) is 107 Å². The predicted octanol–water partition coefficient (Wildman–Crippen LogP) is 6.27. The van der Waals surface area contributed by atoms with E-state index in [2.05, 4.69) is 10.3 Å². The number of nitrogens with one attached hydrogen (secondary N) is 1. The molecule has 2 heterocycles. The molecule has 8 heteroatoms. The van der Waals surface area contributed by atoms with Crippen molar-refractivity contribution in [2.45, 2.75) is 23.3 Å². The molecule has 0 saturated carbocycles. The Kier molecular flexibility index (Phi) is 6.86. The quantitative estimate of drug-likeness (QED) is 0.323. The third kappa shape index (κ3) is 5.04. The van der Waals surface area contributed by atoms with Gasteiger partial charge in [-0.15, -0.1) is 0 Å². The highest BCUT2D eigenvalue weighted by Crippen LogP contribution is 2.42. The highest BCUT2D eigenvalue weighted by atomic mass is 32.2. The fourth-order valence-electron chi connectivity index (χ4n) is 3.85. The lowest BCUT2D eigenvalue weighted by Gasteiger charge is -2.20. The molecule has 3 aromatic carbocycles. The maximum Gasteiger partial charge on any atom is 0.332 e. The van der Waals surface area contributed by atoms with Gasteiger partial charge < -0.3 is 15.1 Å². The smallest absolute Gasteiger partial charge is 0.332 e. The van der Waals surface area contributed by atoms with Gasteiger partial charge in [0.2, 0.25) is 0 Å². The van der Waals surface area contributed by atoms with Crippen molar-refractivity contribution in [3.8, 4) is 0 Å². The van der Waals surface area contributed by atoms with E-state index in [1.165, 1.54) is 11.8 Å². The monoisotopic (exact) mass is 496 g/mol. The lowest BCUT2D eigenvalue weighted by Crippen LogP contribution is -2.30. The van der Waals surface area contributed by atoms with E-state index >= 15 is 0 Å². The Morgan fingerprint density at radius 3 is 2.44 bits per heavy atom. The van der Waals surface area contributed by atoms with Crippen molar-refractivity contribution in [3.63, 3.8) is 0 Å². The number of hydroxylamine groups is 1. The lowest BCUT2D eigenvalue weighted by molar-refractivity contribution is -0.144. The first-order chi connectivity index (χ1) is 17.6. The molecule has 0 aliphatic carbocycles. The minimum absolute atomic E-state index is 0.250. The molecule has 1 aliphatic heterocycles. The average molecular weight is 497 g/mol. The van der Waals surface area contributed by atoms with Gasteiger partial charge in [0.25, 0.3) is 5.91 Å². The van der Waals surface area contributed by atoms with Crippen molar-refractivity contribution >= 4 is 46.4 Å². The molecule has 180 valence electrons. The summed E-state index contributed by atoms with van der Waals surface area (Å²) < 4.78 is 0. The van der Waals surface area contributed by atoms with E-state index in [0.717, 1.165) is 22.0 Å². The zero-order chi connectivity index (χ0) is 24.9. The zero-order valence-corrected chi connectivity index (χ0v) is 20.4. The number of rotatable bonds is 7. The normalized spacial score (nSPS) is 12.2. The van der Waals surface area contributed by atoms with Crippen molar-refractivity contribution in [2.75, 3.05) is 21.9 Å². The number of hydrogen-bond acceptors (Lipinski definition) is 7. The highest BCUT2D eigenvalue weighted by molar-refractivity contribution is 7.99. The molecule has 1 amide bonds. The molecule has 0 spiro atoms. The number of carbonyl (C=O) groups is 2. The maximum atomic E-state index is 13.3. The fourth-order valence-corrected chi connectivity index (χ4v) is 4.75. The maximum absolute atomic E-state index is 13.3. The van der Waals surface area contributed by atoms with Gasteiger partial charge in [-0.3, -0.25) is 4.79 Å². The van der Waals surface area contributed by atoms with E-state index in [9.17, 15) is 9.59 Å². The van der Waals surface area contributed by atoms with Crippen LogP contribution in [0.5, 0.6) is 0 Å². The van der Waals surface area contributed by atoms with E-state index in [1.54, 1.807) is 36.4 Å². The Bertz CT molecular complexity index is 1380. The van der Waals surface area contributed by atoms with Gasteiger partial charge in [0.1, 0.15) is 17.4 Å². The van der Waals surface area contributed by atoms with Crippen LogP contribution in [-0.2, 0) is 9.63 Å². The molecule has 4 aromatic rings. The van der Waals surface area contributed by atoms with E-state index in [4.69, 9.17) is 4.84 Å². The van der Waals surface area contributed by atoms with E-state index in [1.807, 2.05) is 77.7 Å². The summed E-state index contributed by atoms with van der Waals surface area (Å²) in [5.41, 5.74) is 3.65. The Morgan fingerprint density at radius 1 is 0.944 bits per heavy atom. The van der Waals surface area contributed by atoms with Gasteiger partial charge in [-0.1, -0.05) is 55.1 Å². The summed E-state index contributed by atoms with van der Waals surface area (Å²) in [5, 5.41) is 5.22. The van der Waals surface area contributed by atoms with Crippen LogP contribution in [0, 0.1) is 0 Å². The number of nitrogens with zero attached hydrogens (tertiary/aromatic N) is 3. The van der Waals surface area contributed by atoms with E-state index in [0.29, 0.717) is 22.9 Å². The molecule has 1 N–H and O–H groups in total. The minimum Gasteiger partial charge on any atom is -0.339 e. The summed E-state index contributed by atoms with van der Waals surface area (Å²) in [4.78, 5) is 38.3. The Morgan fingerprint density at radius 2 is 1.69 bits per heavy atom. The van der Waals surface area contributed by atoms with Crippen molar-refractivity contribution < 1.29 is 14.4 Å². The first-order valence-electron chi connectivity index (χ1n) is 11.6. The third-order valence-electron chi connectivity index (χ3n) is 5.60. The minimum atomic E-state index is -0.312. The second-order valence-electron chi connectivity index (χ2n) is 8.03. The number of para-hydroxylation sites is 1. The summed E-state index contributed by atoms with van der Waals surface area (Å²) in [6.07, 6.45) is 1.96. The molecule has 1 aliphatic rings. The molecule has 7 nitrogen and oxygen atoms in total. The number of carbonyl (C=O) groups excluding carboxylic acids is 2. The van der Waals surface area contributed by atoms with Crippen LogP contribution in [0.3, 0.4) is 0 Å². The summed E-state index contributed by atoms with van der Waals surface area (Å²) >= 11 is 1.44. The van der Waals surface area contributed by atoms with E-state index in [-0.39, 0.29) is 18.3 Å². The summed E-state index contributed by atoms with van der Waals surface area (Å²) in [6.45, 7) is 2.11. The zero-order valence-electron chi connectivity index (χ0n) is 19.6. The molecule has 0 unspecified atom stereocenters. The number of amides is 1. The van der Waals surface area contributed by atoms with Crippen molar-refractivity contribution in [1.29, 1.82) is 0 Å². The van der Waals surface area contributed by atoms with Crippen LogP contribution in [0.25, 0.3) is 0 Å². The van der Waals surface area contributed by atoms with Crippen molar-refractivity contribution in [2.24, 2.45) is 0 Å². The van der Waals surface area contributed by atoms with Gasteiger partial charge in [-0.25, -0.2) is 9.78 Å². The summed E-state index contributed by atoms with van der Waals surface area (Å²) in [6, 6.07) is 28.7. The van der Waals surface area contributed by atoms with Gasteiger partial charge in [-0.2, -0.15) is 5.06 Å². The number of benzene rings is 3. The van der Waals surface area contributed by atoms with Gasteiger partial charge in [0, 0.05) is 28.9 Å². The van der Waals surface area contributed by atoms with E-state index < -0.39 is 0 Å². The topological polar surface area (TPSA) is 74.8 Å². The van der Waals surface area contributed by atoms with Gasteiger partial charge in [0.15, 0.2) is 0 Å².